The molecule has 0 spiro atoms. The molecule has 3 rings (SSSR count). The lowest BCUT2D eigenvalue weighted by Crippen LogP contribution is -2.31. The van der Waals surface area contributed by atoms with Crippen molar-refractivity contribution in [2.75, 3.05) is 18.4 Å². The van der Waals surface area contributed by atoms with Crippen LogP contribution in [0.15, 0.2) is 36.7 Å². The number of aromatic nitrogens is 2. The van der Waals surface area contributed by atoms with Gasteiger partial charge in [-0.15, -0.1) is 0 Å². The highest BCUT2D eigenvalue weighted by Crippen LogP contribution is 2.17. The third-order valence-corrected chi connectivity index (χ3v) is 4.06. The fourth-order valence-electron chi connectivity index (χ4n) is 2.60. The van der Waals surface area contributed by atoms with Gasteiger partial charge in [-0.2, -0.15) is 0 Å². The molecule has 1 aliphatic heterocycles. The van der Waals surface area contributed by atoms with E-state index in [4.69, 9.17) is 17.3 Å². The number of nitrogens with zero attached hydrogens (tertiary/aromatic N) is 3. The highest BCUT2D eigenvalue weighted by molar-refractivity contribution is 6.30. The standard InChI is InChI=1S/C16H18ClN5O/c17-13-8-19-16(20-9-13)21-14-5-6-22(10-14)15(23)12-3-1-11(7-18)2-4-12/h1-4,8-9,14H,5-7,10,18H2,(H,19,20,21)/t14-/m1/s1. The summed E-state index contributed by atoms with van der Waals surface area (Å²) in [6.45, 7) is 1.82. The monoisotopic (exact) mass is 331 g/mol. The van der Waals surface area contributed by atoms with Crippen LogP contribution in [0, 0.1) is 0 Å². The number of rotatable bonds is 4. The fraction of sp³-hybridized carbons (Fsp3) is 0.312. The molecule has 1 atom stereocenters. The van der Waals surface area contributed by atoms with Crippen LogP contribution in [-0.4, -0.2) is 39.9 Å². The van der Waals surface area contributed by atoms with E-state index >= 15 is 0 Å². The number of nitrogens with two attached hydrogens (primary N) is 1. The first kappa shape index (κ1) is 15.7. The Kier molecular flexibility index (Phi) is 4.73. The van der Waals surface area contributed by atoms with Crippen LogP contribution in [-0.2, 0) is 6.54 Å². The molecule has 7 heteroatoms. The van der Waals surface area contributed by atoms with E-state index in [2.05, 4.69) is 15.3 Å². The number of amides is 1. The van der Waals surface area contributed by atoms with Crippen molar-refractivity contribution in [1.82, 2.24) is 14.9 Å². The predicted molar refractivity (Wildman–Crippen MR) is 89.3 cm³/mol. The van der Waals surface area contributed by atoms with Crippen molar-refractivity contribution in [3.05, 3.63) is 52.8 Å². The Hall–Kier alpha value is -2.18. The molecule has 1 aromatic heterocycles. The van der Waals surface area contributed by atoms with Gasteiger partial charge in [0, 0.05) is 31.2 Å². The topological polar surface area (TPSA) is 84.1 Å². The molecule has 1 aromatic carbocycles. The van der Waals surface area contributed by atoms with E-state index < -0.39 is 0 Å². The molecule has 23 heavy (non-hydrogen) atoms. The maximum atomic E-state index is 12.5. The third kappa shape index (κ3) is 3.78. The van der Waals surface area contributed by atoms with E-state index in [1.807, 2.05) is 29.2 Å². The number of carbonyl (C=O) groups excluding carboxylic acids is 1. The molecule has 1 saturated heterocycles. The number of hydrogen-bond acceptors (Lipinski definition) is 5. The molecule has 2 heterocycles. The fourth-order valence-corrected chi connectivity index (χ4v) is 2.70. The molecule has 120 valence electrons. The summed E-state index contributed by atoms with van der Waals surface area (Å²) >= 11 is 5.77. The molecule has 2 aromatic rings. The minimum Gasteiger partial charge on any atom is -0.350 e. The van der Waals surface area contributed by atoms with Gasteiger partial charge in [0.25, 0.3) is 5.91 Å². The molecular weight excluding hydrogens is 314 g/mol. The van der Waals surface area contributed by atoms with Gasteiger partial charge in [-0.1, -0.05) is 23.7 Å². The van der Waals surface area contributed by atoms with Gasteiger partial charge >= 0.3 is 0 Å². The van der Waals surface area contributed by atoms with Gasteiger partial charge in [0.05, 0.1) is 17.4 Å². The van der Waals surface area contributed by atoms with Crippen LogP contribution in [0.25, 0.3) is 0 Å². The summed E-state index contributed by atoms with van der Waals surface area (Å²) in [4.78, 5) is 22.6. The maximum absolute atomic E-state index is 12.5. The van der Waals surface area contributed by atoms with Crippen molar-refractivity contribution in [2.24, 2.45) is 5.73 Å². The second-order valence-electron chi connectivity index (χ2n) is 5.51. The molecule has 1 aliphatic rings. The van der Waals surface area contributed by atoms with Gasteiger partial charge in [-0.05, 0) is 24.1 Å². The number of halogens is 1. The number of hydrogen-bond donors (Lipinski definition) is 2. The van der Waals surface area contributed by atoms with Crippen molar-refractivity contribution in [2.45, 2.75) is 19.0 Å². The largest absolute Gasteiger partial charge is 0.350 e. The normalized spacial score (nSPS) is 17.3. The molecule has 0 aliphatic carbocycles. The zero-order valence-corrected chi connectivity index (χ0v) is 13.3. The van der Waals surface area contributed by atoms with Crippen LogP contribution in [0.1, 0.15) is 22.3 Å². The van der Waals surface area contributed by atoms with E-state index in [1.165, 1.54) is 0 Å². The van der Waals surface area contributed by atoms with Crippen molar-refractivity contribution in [3.63, 3.8) is 0 Å². The first-order valence-electron chi connectivity index (χ1n) is 7.48. The van der Waals surface area contributed by atoms with Crippen molar-refractivity contribution in [3.8, 4) is 0 Å². The van der Waals surface area contributed by atoms with Crippen LogP contribution in [0.3, 0.4) is 0 Å². The lowest BCUT2D eigenvalue weighted by atomic mass is 10.1. The lowest BCUT2D eigenvalue weighted by molar-refractivity contribution is 0.0791. The molecule has 1 amide bonds. The van der Waals surface area contributed by atoms with E-state index in [0.717, 1.165) is 12.0 Å². The van der Waals surface area contributed by atoms with Crippen molar-refractivity contribution < 1.29 is 4.79 Å². The Labute approximate surface area is 139 Å². The maximum Gasteiger partial charge on any atom is 0.253 e. The SMILES string of the molecule is NCc1ccc(C(=O)N2CC[C@@H](Nc3ncc(Cl)cn3)C2)cc1. The highest BCUT2D eigenvalue weighted by atomic mass is 35.5. The molecule has 0 radical (unpaired) electrons. The quantitative estimate of drug-likeness (QED) is 0.894. The summed E-state index contributed by atoms with van der Waals surface area (Å²) in [5, 5.41) is 3.73. The van der Waals surface area contributed by atoms with Gasteiger partial charge in [0.15, 0.2) is 0 Å². The Bertz CT molecular complexity index is 674. The summed E-state index contributed by atoms with van der Waals surface area (Å²) in [5.74, 6) is 0.566. The van der Waals surface area contributed by atoms with Crippen LogP contribution in [0.2, 0.25) is 5.02 Å². The zero-order chi connectivity index (χ0) is 16.2. The average Bonchev–Trinajstić information content (AvgIpc) is 3.05. The van der Waals surface area contributed by atoms with E-state index in [9.17, 15) is 4.79 Å². The second kappa shape index (κ2) is 6.93. The van der Waals surface area contributed by atoms with Crippen LogP contribution >= 0.6 is 11.6 Å². The lowest BCUT2D eigenvalue weighted by Gasteiger charge is -2.17. The zero-order valence-electron chi connectivity index (χ0n) is 12.6. The second-order valence-corrected chi connectivity index (χ2v) is 5.94. The van der Waals surface area contributed by atoms with Crippen molar-refractivity contribution in [1.29, 1.82) is 0 Å². The number of nitrogens with one attached hydrogen (secondary N) is 1. The molecule has 1 fully saturated rings. The summed E-state index contributed by atoms with van der Waals surface area (Å²) in [6, 6.07) is 7.57. The summed E-state index contributed by atoms with van der Waals surface area (Å²) < 4.78 is 0. The molecule has 3 N–H and O–H groups in total. The van der Waals surface area contributed by atoms with E-state index in [-0.39, 0.29) is 11.9 Å². The molecule has 0 saturated carbocycles. The van der Waals surface area contributed by atoms with Crippen LogP contribution < -0.4 is 11.1 Å². The summed E-state index contributed by atoms with van der Waals surface area (Å²) in [6.07, 6.45) is 3.96. The molecule has 6 nitrogen and oxygen atoms in total. The number of anilines is 1. The van der Waals surface area contributed by atoms with Crippen LogP contribution in [0.5, 0.6) is 0 Å². The minimum absolute atomic E-state index is 0.0369. The van der Waals surface area contributed by atoms with E-state index in [0.29, 0.717) is 36.2 Å². The van der Waals surface area contributed by atoms with E-state index in [1.54, 1.807) is 12.4 Å². The Morgan fingerprint density at radius 1 is 1.30 bits per heavy atom. The smallest absolute Gasteiger partial charge is 0.253 e. The van der Waals surface area contributed by atoms with Gasteiger partial charge < -0.3 is 16.0 Å². The Morgan fingerprint density at radius 3 is 2.65 bits per heavy atom. The first-order valence-corrected chi connectivity index (χ1v) is 7.86. The van der Waals surface area contributed by atoms with Gasteiger partial charge in [0.2, 0.25) is 5.95 Å². The average molecular weight is 332 g/mol. The van der Waals surface area contributed by atoms with Gasteiger partial charge in [0.1, 0.15) is 0 Å². The summed E-state index contributed by atoms with van der Waals surface area (Å²) in [5.41, 5.74) is 7.28. The van der Waals surface area contributed by atoms with Gasteiger partial charge in [-0.25, -0.2) is 9.97 Å². The van der Waals surface area contributed by atoms with Crippen LogP contribution in [0.4, 0.5) is 5.95 Å². The third-order valence-electron chi connectivity index (χ3n) is 3.87. The molecule has 0 bridgehead atoms. The highest BCUT2D eigenvalue weighted by Gasteiger charge is 2.27. The summed E-state index contributed by atoms with van der Waals surface area (Å²) in [7, 11) is 0. The Balaban J connectivity index is 1.60. The Morgan fingerprint density at radius 2 is 2.00 bits per heavy atom. The first-order chi connectivity index (χ1) is 11.2. The number of likely N-dealkylation sites (tertiary alicyclic amines) is 1. The van der Waals surface area contributed by atoms with Crippen molar-refractivity contribution >= 4 is 23.5 Å². The number of carbonyl (C=O) groups is 1. The predicted octanol–water partition coefficient (Wildman–Crippen LogP) is 1.92. The number of benzene rings is 1. The minimum atomic E-state index is 0.0369. The molecule has 0 unspecified atom stereocenters. The van der Waals surface area contributed by atoms with Gasteiger partial charge in [-0.3, -0.25) is 4.79 Å². The molecular formula is C16H18ClN5O.